The maximum Gasteiger partial charge on any atom is 0.335 e. The van der Waals surface area contributed by atoms with E-state index in [4.69, 9.17) is 15.3 Å². The lowest BCUT2D eigenvalue weighted by molar-refractivity contribution is -0.131. The largest absolute Gasteiger partial charge is 0.478 e. The molecule has 0 saturated heterocycles. The van der Waals surface area contributed by atoms with Gasteiger partial charge < -0.3 is 15.3 Å². The van der Waals surface area contributed by atoms with Gasteiger partial charge in [-0.25, -0.2) is 14.4 Å². The summed E-state index contributed by atoms with van der Waals surface area (Å²) >= 11 is 0. The van der Waals surface area contributed by atoms with Crippen LogP contribution in [0.25, 0.3) is 0 Å². The highest BCUT2D eigenvalue weighted by Gasteiger charge is 2.06. The van der Waals surface area contributed by atoms with Crippen molar-refractivity contribution in [3.05, 3.63) is 48.0 Å². The minimum atomic E-state index is -1.13. The summed E-state index contributed by atoms with van der Waals surface area (Å²) in [6.07, 6.45) is 0.833. The Labute approximate surface area is 96.4 Å². The molecule has 0 atom stereocenters. The van der Waals surface area contributed by atoms with E-state index in [-0.39, 0.29) is 11.1 Å². The van der Waals surface area contributed by atoms with E-state index in [0.29, 0.717) is 0 Å². The van der Waals surface area contributed by atoms with Gasteiger partial charge in [-0.15, -0.1) is 0 Å². The second kappa shape index (κ2) is 6.78. The summed E-state index contributed by atoms with van der Waals surface area (Å²) < 4.78 is 0. The Morgan fingerprint density at radius 3 is 1.59 bits per heavy atom. The van der Waals surface area contributed by atoms with Gasteiger partial charge in [0.15, 0.2) is 0 Å². The highest BCUT2D eigenvalue weighted by Crippen LogP contribution is 2.04. The Kier molecular flexibility index (Phi) is 5.73. The van der Waals surface area contributed by atoms with Crippen molar-refractivity contribution in [1.82, 2.24) is 0 Å². The lowest BCUT2D eigenvalue weighted by Gasteiger charge is -1.95. The Balaban J connectivity index is 0.000000437. The number of aromatic carboxylic acids is 2. The molecular formula is C11H10O6. The topological polar surface area (TPSA) is 112 Å². The molecule has 0 radical (unpaired) electrons. The number of carboxylic acids is 3. The summed E-state index contributed by atoms with van der Waals surface area (Å²) in [6.45, 7) is 2.96. The standard InChI is InChI=1S/C8H6O4.C3H4O2/c9-7(10)5-2-1-3-6(4-5)8(11)12;1-2-3(4)5/h1-4H,(H,9,10)(H,11,12);2H,1H2,(H,4,5). The third-order valence-corrected chi connectivity index (χ3v) is 1.53. The van der Waals surface area contributed by atoms with Crippen LogP contribution in [-0.2, 0) is 4.79 Å². The molecule has 0 heterocycles. The van der Waals surface area contributed by atoms with Crippen LogP contribution in [0.1, 0.15) is 20.7 Å². The van der Waals surface area contributed by atoms with E-state index in [1.54, 1.807) is 0 Å². The van der Waals surface area contributed by atoms with Gasteiger partial charge in [0.05, 0.1) is 11.1 Å². The molecule has 0 aliphatic carbocycles. The van der Waals surface area contributed by atoms with Crippen molar-refractivity contribution >= 4 is 17.9 Å². The molecule has 0 fully saturated rings. The van der Waals surface area contributed by atoms with Crippen LogP contribution >= 0.6 is 0 Å². The number of hydrogen-bond acceptors (Lipinski definition) is 3. The van der Waals surface area contributed by atoms with Crippen LogP contribution in [-0.4, -0.2) is 33.2 Å². The van der Waals surface area contributed by atoms with E-state index in [1.165, 1.54) is 18.2 Å². The van der Waals surface area contributed by atoms with Crippen molar-refractivity contribution in [2.24, 2.45) is 0 Å². The van der Waals surface area contributed by atoms with E-state index in [1.807, 2.05) is 0 Å². The number of carbonyl (C=O) groups is 3. The molecule has 0 saturated carbocycles. The van der Waals surface area contributed by atoms with Gasteiger partial charge in [-0.05, 0) is 18.2 Å². The molecule has 0 aliphatic rings. The SMILES string of the molecule is C=CC(=O)O.O=C(O)c1cccc(C(=O)O)c1. The van der Waals surface area contributed by atoms with Crippen molar-refractivity contribution in [2.45, 2.75) is 0 Å². The summed E-state index contributed by atoms with van der Waals surface area (Å²) in [6, 6.07) is 5.20. The van der Waals surface area contributed by atoms with E-state index in [9.17, 15) is 14.4 Å². The summed E-state index contributed by atoms with van der Waals surface area (Å²) in [5.74, 6) is -3.24. The van der Waals surface area contributed by atoms with Crippen molar-refractivity contribution < 1.29 is 29.7 Å². The highest BCUT2D eigenvalue weighted by molar-refractivity contribution is 5.93. The molecule has 0 amide bonds. The highest BCUT2D eigenvalue weighted by atomic mass is 16.4. The van der Waals surface area contributed by atoms with Gasteiger partial charge in [0.1, 0.15) is 0 Å². The summed E-state index contributed by atoms with van der Waals surface area (Å²) in [5, 5.41) is 24.6. The normalized spacial score (nSPS) is 8.47. The van der Waals surface area contributed by atoms with Gasteiger partial charge in [-0.3, -0.25) is 0 Å². The maximum atomic E-state index is 10.4. The fourth-order valence-corrected chi connectivity index (χ4v) is 0.785. The van der Waals surface area contributed by atoms with Gasteiger partial charge in [0, 0.05) is 6.08 Å². The number of carboxylic acid groups (broad SMARTS) is 3. The average Bonchev–Trinajstić information content (AvgIpc) is 2.29. The van der Waals surface area contributed by atoms with Crippen molar-refractivity contribution in [2.75, 3.05) is 0 Å². The van der Waals surface area contributed by atoms with Crippen LogP contribution < -0.4 is 0 Å². The Morgan fingerprint density at radius 1 is 1.00 bits per heavy atom. The summed E-state index contributed by atoms with van der Waals surface area (Å²) in [4.78, 5) is 30.0. The first kappa shape index (κ1) is 14.4. The minimum Gasteiger partial charge on any atom is -0.478 e. The maximum absolute atomic E-state index is 10.4. The van der Waals surface area contributed by atoms with Gasteiger partial charge in [-0.2, -0.15) is 0 Å². The Hall–Kier alpha value is -2.63. The molecule has 0 bridgehead atoms. The fraction of sp³-hybridized carbons (Fsp3) is 0. The predicted molar refractivity (Wildman–Crippen MR) is 58.2 cm³/mol. The number of rotatable bonds is 3. The van der Waals surface area contributed by atoms with Crippen molar-refractivity contribution in [3.8, 4) is 0 Å². The first-order valence-corrected chi connectivity index (χ1v) is 4.30. The molecular weight excluding hydrogens is 228 g/mol. The molecule has 0 aliphatic heterocycles. The lowest BCUT2D eigenvalue weighted by atomic mass is 10.1. The first-order chi connectivity index (χ1) is 7.88. The van der Waals surface area contributed by atoms with Crippen LogP contribution in [0, 0.1) is 0 Å². The number of benzene rings is 1. The molecule has 1 aromatic rings. The quantitative estimate of drug-likeness (QED) is 0.685. The number of hydrogen-bond donors (Lipinski definition) is 3. The van der Waals surface area contributed by atoms with Crippen LogP contribution in [0.4, 0.5) is 0 Å². The summed E-state index contributed by atoms with van der Waals surface area (Å²) in [5.41, 5.74) is -0.0372. The van der Waals surface area contributed by atoms with Crippen molar-refractivity contribution in [1.29, 1.82) is 0 Å². The van der Waals surface area contributed by atoms with Crippen LogP contribution in [0.5, 0.6) is 0 Å². The molecule has 0 unspecified atom stereocenters. The molecule has 6 nitrogen and oxygen atoms in total. The first-order valence-electron chi connectivity index (χ1n) is 4.30. The second-order valence-electron chi connectivity index (χ2n) is 2.73. The average molecular weight is 238 g/mol. The predicted octanol–water partition coefficient (Wildman–Crippen LogP) is 1.34. The monoisotopic (exact) mass is 238 g/mol. The molecule has 90 valence electrons. The Morgan fingerprint density at radius 2 is 1.35 bits per heavy atom. The fourth-order valence-electron chi connectivity index (χ4n) is 0.785. The molecule has 17 heavy (non-hydrogen) atoms. The second-order valence-corrected chi connectivity index (χ2v) is 2.73. The smallest absolute Gasteiger partial charge is 0.335 e. The zero-order valence-corrected chi connectivity index (χ0v) is 8.66. The molecule has 1 rings (SSSR count). The van der Waals surface area contributed by atoms with Gasteiger partial charge in [0.2, 0.25) is 0 Å². The third kappa shape index (κ3) is 5.73. The van der Waals surface area contributed by atoms with E-state index >= 15 is 0 Å². The lowest BCUT2D eigenvalue weighted by Crippen LogP contribution is -2.01. The van der Waals surface area contributed by atoms with Crippen LogP contribution in [0.3, 0.4) is 0 Å². The Bertz CT molecular complexity index is 420. The van der Waals surface area contributed by atoms with Crippen LogP contribution in [0.2, 0.25) is 0 Å². The van der Waals surface area contributed by atoms with Crippen molar-refractivity contribution in [3.63, 3.8) is 0 Å². The molecule has 1 aromatic carbocycles. The zero-order chi connectivity index (χ0) is 13.4. The molecule has 0 aromatic heterocycles. The molecule has 3 N–H and O–H groups in total. The third-order valence-electron chi connectivity index (χ3n) is 1.53. The number of aliphatic carboxylic acids is 1. The van der Waals surface area contributed by atoms with Gasteiger partial charge >= 0.3 is 17.9 Å². The van der Waals surface area contributed by atoms with E-state index in [2.05, 4.69) is 6.58 Å². The van der Waals surface area contributed by atoms with Crippen LogP contribution in [0.15, 0.2) is 36.9 Å². The van der Waals surface area contributed by atoms with E-state index < -0.39 is 17.9 Å². The summed E-state index contributed by atoms with van der Waals surface area (Å²) in [7, 11) is 0. The minimum absolute atomic E-state index is 0.0186. The van der Waals surface area contributed by atoms with Gasteiger partial charge in [0.25, 0.3) is 0 Å². The zero-order valence-electron chi connectivity index (χ0n) is 8.66. The van der Waals surface area contributed by atoms with E-state index in [0.717, 1.165) is 12.1 Å². The molecule has 6 heteroatoms. The van der Waals surface area contributed by atoms with Gasteiger partial charge in [-0.1, -0.05) is 12.6 Å². The molecule has 0 spiro atoms.